The lowest BCUT2D eigenvalue weighted by Gasteiger charge is -2.20. The van der Waals surface area contributed by atoms with Gasteiger partial charge in [-0.3, -0.25) is 9.59 Å². The van der Waals surface area contributed by atoms with Gasteiger partial charge >= 0.3 is 0 Å². The molecule has 2 aliphatic rings. The minimum Gasteiger partial charge on any atom is -0.454 e. The van der Waals surface area contributed by atoms with E-state index in [4.69, 9.17) is 15.2 Å². The molecule has 1 aliphatic heterocycles. The van der Waals surface area contributed by atoms with Crippen molar-refractivity contribution >= 4 is 34.2 Å². The molecule has 6 nitrogen and oxygen atoms in total. The summed E-state index contributed by atoms with van der Waals surface area (Å²) >= 11 is 1.47. The topological polar surface area (TPSA) is 90.7 Å². The van der Waals surface area contributed by atoms with E-state index in [1.54, 1.807) is 6.08 Å². The highest BCUT2D eigenvalue weighted by atomic mass is 32.1. The number of primary amides is 1. The van der Waals surface area contributed by atoms with Crippen molar-refractivity contribution in [2.75, 3.05) is 12.1 Å². The third kappa shape index (κ3) is 3.62. The Kier molecular flexibility index (Phi) is 5.09. The summed E-state index contributed by atoms with van der Waals surface area (Å²) in [5.74, 6) is 1.20. The highest BCUT2D eigenvalue weighted by Crippen LogP contribution is 2.40. The van der Waals surface area contributed by atoms with Crippen LogP contribution in [0.15, 0.2) is 24.3 Å². The molecule has 0 saturated carbocycles. The molecule has 2 amide bonds. The van der Waals surface area contributed by atoms with Gasteiger partial charge in [-0.1, -0.05) is 19.4 Å². The second kappa shape index (κ2) is 7.67. The molecule has 1 atom stereocenters. The van der Waals surface area contributed by atoms with Gasteiger partial charge in [0.2, 0.25) is 12.7 Å². The zero-order valence-corrected chi connectivity index (χ0v) is 16.4. The summed E-state index contributed by atoms with van der Waals surface area (Å²) < 4.78 is 10.6. The molecular weight excluding hydrogens is 376 g/mol. The summed E-state index contributed by atoms with van der Waals surface area (Å²) in [5, 5.41) is 3.39. The number of rotatable bonds is 5. The van der Waals surface area contributed by atoms with Crippen LogP contribution in [0.5, 0.6) is 11.5 Å². The number of hydrogen-bond donors (Lipinski definition) is 2. The SMILES string of the molecule is CCC1CCc2c(sc(NC(=O)C=Cc3ccc4c(c3)OCO4)c2C(N)=O)C1. The Bertz CT molecular complexity index is 964. The molecule has 0 saturated heterocycles. The predicted octanol–water partition coefficient (Wildman–Crippen LogP) is 3.74. The van der Waals surface area contributed by atoms with Crippen molar-refractivity contribution in [2.45, 2.75) is 32.6 Å². The Labute approximate surface area is 167 Å². The number of anilines is 1. The van der Waals surface area contributed by atoms with E-state index in [0.29, 0.717) is 28.0 Å². The number of fused-ring (bicyclic) bond motifs is 2. The van der Waals surface area contributed by atoms with Gasteiger partial charge in [-0.15, -0.1) is 11.3 Å². The fourth-order valence-electron chi connectivity index (χ4n) is 3.69. The van der Waals surface area contributed by atoms with Gasteiger partial charge in [-0.2, -0.15) is 0 Å². The number of amides is 2. The first-order chi connectivity index (χ1) is 13.5. The monoisotopic (exact) mass is 398 g/mol. The average Bonchev–Trinajstić information content (AvgIpc) is 3.28. The van der Waals surface area contributed by atoms with E-state index in [2.05, 4.69) is 12.2 Å². The fraction of sp³-hybridized carbons (Fsp3) is 0.333. The van der Waals surface area contributed by atoms with E-state index >= 15 is 0 Å². The predicted molar refractivity (Wildman–Crippen MR) is 109 cm³/mol. The number of benzene rings is 1. The summed E-state index contributed by atoms with van der Waals surface area (Å²) in [7, 11) is 0. The van der Waals surface area contributed by atoms with Crippen molar-refractivity contribution in [3.63, 3.8) is 0 Å². The lowest BCUT2D eigenvalue weighted by Crippen LogP contribution is -2.19. The molecule has 0 radical (unpaired) electrons. The summed E-state index contributed by atoms with van der Waals surface area (Å²) in [6.45, 7) is 2.39. The lowest BCUT2D eigenvalue weighted by atomic mass is 9.85. The quantitative estimate of drug-likeness (QED) is 0.751. The zero-order chi connectivity index (χ0) is 19.7. The molecule has 1 aromatic carbocycles. The van der Waals surface area contributed by atoms with Crippen LogP contribution in [0.4, 0.5) is 5.00 Å². The average molecular weight is 398 g/mol. The molecule has 0 spiro atoms. The van der Waals surface area contributed by atoms with E-state index in [9.17, 15) is 9.59 Å². The lowest BCUT2D eigenvalue weighted by molar-refractivity contribution is -0.111. The van der Waals surface area contributed by atoms with E-state index in [0.717, 1.165) is 36.8 Å². The molecule has 0 bridgehead atoms. The van der Waals surface area contributed by atoms with Crippen molar-refractivity contribution in [2.24, 2.45) is 11.7 Å². The summed E-state index contributed by atoms with van der Waals surface area (Å²) in [4.78, 5) is 25.6. The fourth-order valence-corrected chi connectivity index (χ4v) is 5.06. The molecule has 1 aromatic heterocycles. The number of thiophene rings is 1. The van der Waals surface area contributed by atoms with Crippen LogP contribution in [0.25, 0.3) is 6.08 Å². The Hall–Kier alpha value is -2.80. The minimum absolute atomic E-state index is 0.209. The van der Waals surface area contributed by atoms with Gasteiger partial charge in [0.15, 0.2) is 11.5 Å². The molecule has 7 heteroatoms. The van der Waals surface area contributed by atoms with Gasteiger partial charge in [0.05, 0.1) is 5.56 Å². The van der Waals surface area contributed by atoms with Gasteiger partial charge in [0, 0.05) is 11.0 Å². The summed E-state index contributed by atoms with van der Waals surface area (Å²) in [6.07, 6.45) is 7.09. The van der Waals surface area contributed by atoms with Crippen LogP contribution in [0.2, 0.25) is 0 Å². The number of carbonyl (C=O) groups excluding carboxylic acids is 2. The Balaban J connectivity index is 1.51. The maximum Gasteiger partial charge on any atom is 0.251 e. The molecule has 28 heavy (non-hydrogen) atoms. The summed E-state index contributed by atoms with van der Waals surface area (Å²) in [5.41, 5.74) is 7.92. The van der Waals surface area contributed by atoms with Crippen LogP contribution < -0.4 is 20.5 Å². The largest absolute Gasteiger partial charge is 0.454 e. The van der Waals surface area contributed by atoms with E-state index in [1.807, 2.05) is 18.2 Å². The molecule has 1 unspecified atom stereocenters. The van der Waals surface area contributed by atoms with Gasteiger partial charge in [-0.25, -0.2) is 0 Å². The zero-order valence-electron chi connectivity index (χ0n) is 15.6. The van der Waals surface area contributed by atoms with Gasteiger partial charge in [0.1, 0.15) is 5.00 Å². The highest BCUT2D eigenvalue weighted by Gasteiger charge is 2.27. The number of hydrogen-bond acceptors (Lipinski definition) is 5. The summed E-state index contributed by atoms with van der Waals surface area (Å²) in [6, 6.07) is 5.47. The van der Waals surface area contributed by atoms with Crippen molar-refractivity contribution in [1.82, 2.24) is 0 Å². The van der Waals surface area contributed by atoms with Crippen molar-refractivity contribution in [1.29, 1.82) is 0 Å². The number of carbonyl (C=O) groups is 2. The molecule has 2 heterocycles. The maximum atomic E-state index is 12.4. The van der Waals surface area contributed by atoms with E-state index in [1.165, 1.54) is 22.3 Å². The van der Waals surface area contributed by atoms with Crippen molar-refractivity contribution in [3.05, 3.63) is 45.8 Å². The Morgan fingerprint density at radius 3 is 2.93 bits per heavy atom. The Morgan fingerprint density at radius 2 is 2.14 bits per heavy atom. The number of nitrogens with two attached hydrogens (primary N) is 1. The van der Waals surface area contributed by atoms with Crippen LogP contribution in [-0.2, 0) is 17.6 Å². The molecule has 3 N–H and O–H groups in total. The normalized spacial score (nSPS) is 17.5. The smallest absolute Gasteiger partial charge is 0.251 e. The first kappa shape index (κ1) is 18.6. The van der Waals surface area contributed by atoms with Crippen LogP contribution >= 0.6 is 11.3 Å². The van der Waals surface area contributed by atoms with E-state index < -0.39 is 5.91 Å². The van der Waals surface area contributed by atoms with Gasteiger partial charge in [-0.05, 0) is 54.5 Å². The van der Waals surface area contributed by atoms with Gasteiger partial charge < -0.3 is 20.5 Å². The third-order valence-corrected chi connectivity index (χ3v) is 6.42. The first-order valence-electron chi connectivity index (χ1n) is 9.38. The molecular formula is C21H22N2O4S. The highest BCUT2D eigenvalue weighted by molar-refractivity contribution is 7.17. The third-order valence-electron chi connectivity index (χ3n) is 5.25. The van der Waals surface area contributed by atoms with Gasteiger partial charge in [0.25, 0.3) is 5.91 Å². The first-order valence-corrected chi connectivity index (χ1v) is 10.2. The van der Waals surface area contributed by atoms with Crippen LogP contribution in [0, 0.1) is 5.92 Å². The van der Waals surface area contributed by atoms with Crippen molar-refractivity contribution in [3.8, 4) is 11.5 Å². The van der Waals surface area contributed by atoms with Crippen LogP contribution in [-0.4, -0.2) is 18.6 Å². The second-order valence-electron chi connectivity index (χ2n) is 7.02. The number of nitrogens with one attached hydrogen (secondary N) is 1. The molecule has 1 aliphatic carbocycles. The second-order valence-corrected chi connectivity index (χ2v) is 8.13. The molecule has 4 rings (SSSR count). The standard InChI is InChI=1S/C21H22N2O4S/c1-2-12-3-6-14-17(10-12)28-21(19(14)20(22)25)23-18(24)8-5-13-4-7-15-16(9-13)27-11-26-15/h4-5,7-9,12H,2-3,6,10-11H2,1H3,(H2,22,25)(H,23,24). The molecule has 146 valence electrons. The number of ether oxygens (including phenoxy) is 2. The molecule has 2 aromatic rings. The van der Waals surface area contributed by atoms with Crippen LogP contribution in [0.1, 0.15) is 46.1 Å². The minimum atomic E-state index is -0.484. The van der Waals surface area contributed by atoms with Crippen LogP contribution in [0.3, 0.4) is 0 Å². The van der Waals surface area contributed by atoms with E-state index in [-0.39, 0.29) is 12.7 Å². The molecule has 0 fully saturated rings. The Morgan fingerprint density at radius 1 is 1.32 bits per heavy atom. The van der Waals surface area contributed by atoms with Crippen molar-refractivity contribution < 1.29 is 19.1 Å². The maximum absolute atomic E-state index is 12.4.